The van der Waals surface area contributed by atoms with Crippen LogP contribution in [0.5, 0.6) is 0 Å². The van der Waals surface area contributed by atoms with Crippen molar-refractivity contribution in [1.29, 1.82) is 0 Å². The monoisotopic (exact) mass is 276 g/mol. The van der Waals surface area contributed by atoms with Gasteiger partial charge in [0.25, 0.3) is 0 Å². The van der Waals surface area contributed by atoms with Crippen molar-refractivity contribution in [3.05, 3.63) is 17.5 Å². The van der Waals surface area contributed by atoms with Crippen LogP contribution < -0.4 is 0 Å². The van der Waals surface area contributed by atoms with Gasteiger partial charge in [-0.3, -0.25) is 19.1 Å². The molecule has 1 aliphatic rings. The van der Waals surface area contributed by atoms with E-state index >= 15 is 0 Å². The first-order chi connectivity index (χ1) is 9.25. The van der Waals surface area contributed by atoms with Crippen LogP contribution in [0.3, 0.4) is 0 Å². The van der Waals surface area contributed by atoms with Crippen molar-refractivity contribution in [2.45, 2.75) is 40.0 Å². The average Bonchev–Trinajstić information content (AvgIpc) is 2.67. The second-order valence-corrected chi connectivity index (χ2v) is 6.26. The van der Waals surface area contributed by atoms with E-state index in [1.165, 1.54) is 0 Å². The topological polar surface area (TPSA) is 69.0 Å². The van der Waals surface area contributed by atoms with E-state index in [0.29, 0.717) is 17.7 Å². The number of nitrogens with zero attached hydrogens (tertiary/aromatic N) is 2. The lowest BCUT2D eigenvalue weighted by Crippen LogP contribution is -2.42. The van der Waals surface area contributed by atoms with Crippen LogP contribution in [0.1, 0.15) is 49.7 Å². The highest BCUT2D eigenvalue weighted by Crippen LogP contribution is 2.35. The second-order valence-electron chi connectivity index (χ2n) is 6.26. The van der Waals surface area contributed by atoms with Gasteiger partial charge < -0.3 is 0 Å². The molecular weight excluding hydrogens is 256 g/mol. The summed E-state index contributed by atoms with van der Waals surface area (Å²) >= 11 is 0. The summed E-state index contributed by atoms with van der Waals surface area (Å²) < 4.78 is 1.55. The van der Waals surface area contributed by atoms with E-state index in [1.807, 2.05) is 20.8 Å². The van der Waals surface area contributed by atoms with E-state index in [2.05, 4.69) is 5.10 Å². The standard InChI is InChI=1S/C15H20N2O3/c1-5-10-9(8-17(4)16-10)14(20)13-11(18)6-15(2,3)7-12(13)19/h8,13H,5-7H2,1-4H3. The normalized spacial score (nSPS) is 19.4. The summed E-state index contributed by atoms with van der Waals surface area (Å²) in [4.78, 5) is 36.9. The lowest BCUT2D eigenvalue weighted by molar-refractivity contribution is -0.137. The second kappa shape index (κ2) is 4.96. The highest BCUT2D eigenvalue weighted by molar-refractivity contribution is 6.25. The molecule has 1 fully saturated rings. The number of hydrogen-bond donors (Lipinski definition) is 0. The molecule has 0 N–H and O–H groups in total. The maximum atomic E-state index is 12.5. The first-order valence-corrected chi connectivity index (χ1v) is 6.87. The molecule has 1 aliphatic carbocycles. The predicted molar refractivity (Wildman–Crippen MR) is 73.4 cm³/mol. The summed E-state index contributed by atoms with van der Waals surface area (Å²) in [6.07, 6.45) is 2.75. The third kappa shape index (κ3) is 2.57. The minimum Gasteiger partial charge on any atom is -0.298 e. The van der Waals surface area contributed by atoms with Gasteiger partial charge in [-0.05, 0) is 11.8 Å². The van der Waals surface area contributed by atoms with E-state index in [1.54, 1.807) is 17.9 Å². The third-order valence-electron chi connectivity index (χ3n) is 3.72. The number of ketones is 3. The minimum absolute atomic E-state index is 0.262. The molecule has 0 aliphatic heterocycles. The molecule has 0 amide bonds. The molecule has 0 radical (unpaired) electrons. The number of rotatable bonds is 3. The van der Waals surface area contributed by atoms with Crippen molar-refractivity contribution in [3.8, 4) is 0 Å². The van der Waals surface area contributed by atoms with Crippen molar-refractivity contribution in [3.63, 3.8) is 0 Å². The van der Waals surface area contributed by atoms with Gasteiger partial charge in [0.2, 0.25) is 0 Å². The zero-order valence-corrected chi connectivity index (χ0v) is 12.4. The van der Waals surface area contributed by atoms with Crippen molar-refractivity contribution in [2.75, 3.05) is 0 Å². The fourth-order valence-electron chi connectivity index (χ4n) is 2.84. The SMILES string of the molecule is CCc1nn(C)cc1C(=O)C1C(=O)CC(C)(C)CC1=O. The molecule has 1 aromatic heterocycles. The van der Waals surface area contributed by atoms with Crippen molar-refractivity contribution < 1.29 is 14.4 Å². The molecule has 5 heteroatoms. The molecule has 5 nitrogen and oxygen atoms in total. The number of carbonyl (C=O) groups excluding carboxylic acids is 3. The quantitative estimate of drug-likeness (QED) is 0.623. The Morgan fingerprint density at radius 2 is 1.90 bits per heavy atom. The molecule has 0 spiro atoms. The summed E-state index contributed by atoms with van der Waals surface area (Å²) in [5, 5.41) is 4.20. The van der Waals surface area contributed by atoms with Gasteiger partial charge >= 0.3 is 0 Å². The molecule has 1 aromatic rings. The summed E-state index contributed by atoms with van der Waals surface area (Å²) in [6.45, 7) is 5.66. The van der Waals surface area contributed by atoms with Gasteiger partial charge in [-0.2, -0.15) is 5.10 Å². The minimum atomic E-state index is -1.13. The highest BCUT2D eigenvalue weighted by atomic mass is 16.2. The maximum absolute atomic E-state index is 12.5. The molecule has 0 aromatic carbocycles. The summed E-state index contributed by atoms with van der Waals surface area (Å²) in [5.41, 5.74) is 0.706. The van der Waals surface area contributed by atoms with Gasteiger partial charge in [-0.1, -0.05) is 20.8 Å². The van der Waals surface area contributed by atoms with Gasteiger partial charge in [0, 0.05) is 26.1 Å². The van der Waals surface area contributed by atoms with Gasteiger partial charge in [0.15, 0.2) is 17.3 Å². The van der Waals surface area contributed by atoms with Crippen LogP contribution in [-0.2, 0) is 23.1 Å². The fourth-order valence-corrected chi connectivity index (χ4v) is 2.84. The Labute approximate surface area is 118 Å². The number of aromatic nitrogens is 2. The smallest absolute Gasteiger partial charge is 0.184 e. The Morgan fingerprint density at radius 3 is 2.40 bits per heavy atom. The summed E-state index contributed by atoms with van der Waals surface area (Å²) in [6, 6.07) is 0. The predicted octanol–water partition coefficient (Wildman–Crippen LogP) is 1.74. The van der Waals surface area contributed by atoms with Crippen LogP contribution in [-0.4, -0.2) is 27.1 Å². The Hall–Kier alpha value is -1.78. The first-order valence-electron chi connectivity index (χ1n) is 6.87. The number of Topliss-reactive ketones (excluding diaryl/α,β-unsaturated/α-hetero) is 3. The van der Waals surface area contributed by atoms with Crippen molar-refractivity contribution in [1.82, 2.24) is 9.78 Å². The van der Waals surface area contributed by atoms with E-state index in [0.717, 1.165) is 0 Å². The average molecular weight is 276 g/mol. The van der Waals surface area contributed by atoms with E-state index in [9.17, 15) is 14.4 Å². The molecule has 108 valence electrons. The summed E-state index contributed by atoms with van der Waals surface area (Å²) in [7, 11) is 1.73. The molecule has 0 unspecified atom stereocenters. The van der Waals surface area contributed by atoms with E-state index in [-0.39, 0.29) is 35.6 Å². The third-order valence-corrected chi connectivity index (χ3v) is 3.72. The highest BCUT2D eigenvalue weighted by Gasteiger charge is 2.44. The summed E-state index contributed by atoms with van der Waals surface area (Å²) in [5.74, 6) is -2.04. The fraction of sp³-hybridized carbons (Fsp3) is 0.600. The van der Waals surface area contributed by atoms with E-state index < -0.39 is 5.92 Å². The Balaban J connectivity index is 2.33. The van der Waals surface area contributed by atoms with Crippen LogP contribution in [0.15, 0.2) is 6.20 Å². The lowest BCUT2D eigenvalue weighted by atomic mass is 9.69. The zero-order valence-electron chi connectivity index (χ0n) is 12.4. The lowest BCUT2D eigenvalue weighted by Gasteiger charge is -2.31. The Kier molecular flexibility index (Phi) is 3.63. The Bertz CT molecular complexity index is 564. The van der Waals surface area contributed by atoms with Crippen molar-refractivity contribution in [2.24, 2.45) is 18.4 Å². The molecule has 2 rings (SSSR count). The van der Waals surface area contributed by atoms with Crippen LogP contribution in [0.4, 0.5) is 0 Å². The molecule has 20 heavy (non-hydrogen) atoms. The van der Waals surface area contributed by atoms with Crippen LogP contribution in [0, 0.1) is 11.3 Å². The number of carbonyl (C=O) groups is 3. The zero-order chi connectivity index (χ0) is 15.1. The molecule has 1 heterocycles. The van der Waals surface area contributed by atoms with Crippen LogP contribution in [0.25, 0.3) is 0 Å². The Morgan fingerprint density at radius 1 is 1.35 bits per heavy atom. The van der Waals surface area contributed by atoms with Crippen LogP contribution in [0.2, 0.25) is 0 Å². The van der Waals surface area contributed by atoms with Crippen molar-refractivity contribution >= 4 is 17.3 Å². The maximum Gasteiger partial charge on any atom is 0.184 e. The molecule has 0 bridgehead atoms. The van der Waals surface area contributed by atoms with Gasteiger partial charge in [0.05, 0.1) is 11.3 Å². The van der Waals surface area contributed by atoms with Gasteiger partial charge in [-0.15, -0.1) is 0 Å². The molecule has 1 saturated carbocycles. The van der Waals surface area contributed by atoms with Crippen LogP contribution >= 0.6 is 0 Å². The van der Waals surface area contributed by atoms with Gasteiger partial charge in [0.1, 0.15) is 5.92 Å². The number of hydrogen-bond acceptors (Lipinski definition) is 4. The largest absolute Gasteiger partial charge is 0.298 e. The van der Waals surface area contributed by atoms with Gasteiger partial charge in [-0.25, -0.2) is 0 Å². The first kappa shape index (κ1) is 14.6. The molecule has 0 atom stereocenters. The molecule has 0 saturated heterocycles. The number of aryl methyl sites for hydroxylation is 2. The van der Waals surface area contributed by atoms with E-state index in [4.69, 9.17) is 0 Å². The molecular formula is C15H20N2O3.